The van der Waals surface area contributed by atoms with Gasteiger partial charge in [-0.15, -0.1) is 11.3 Å². The molecule has 0 fully saturated rings. The molecular formula is C14H16ClN3O4S2. The second-order valence-electron chi connectivity index (χ2n) is 4.67. The first kappa shape index (κ1) is 18.8. The Bertz CT molecular complexity index is 764. The third-order valence-corrected chi connectivity index (χ3v) is 5.79. The molecule has 7 nitrogen and oxygen atoms in total. The average Bonchev–Trinajstić information content (AvgIpc) is 3.04. The van der Waals surface area contributed by atoms with E-state index in [0.29, 0.717) is 10.2 Å². The number of carbonyl (C=O) groups excluding carboxylic acids is 1. The summed E-state index contributed by atoms with van der Waals surface area (Å²) in [6.07, 6.45) is 1.55. The molecule has 2 rings (SSSR count). The van der Waals surface area contributed by atoms with Gasteiger partial charge in [0.05, 0.1) is 18.0 Å². The minimum absolute atomic E-state index is 0.0484. The van der Waals surface area contributed by atoms with Gasteiger partial charge in [-0.2, -0.15) is 4.31 Å². The standard InChI is InChI=1S/C14H16ClN3O4S2/c1-22-8-7-18(10-13(19)17-14-16-6-9-23-14)24(20,21)12-4-2-11(15)3-5-12/h2-6,9H,7-8,10H2,1H3,(H,16,17,19). The number of rotatable bonds is 8. The van der Waals surface area contributed by atoms with Crippen LogP contribution in [0.5, 0.6) is 0 Å². The number of amides is 1. The summed E-state index contributed by atoms with van der Waals surface area (Å²) in [7, 11) is -2.39. The third-order valence-electron chi connectivity index (χ3n) is 2.99. The van der Waals surface area contributed by atoms with E-state index in [9.17, 15) is 13.2 Å². The quantitative estimate of drug-likeness (QED) is 0.746. The Labute approximate surface area is 149 Å². The molecule has 130 valence electrons. The van der Waals surface area contributed by atoms with Crippen molar-refractivity contribution in [2.24, 2.45) is 0 Å². The minimum Gasteiger partial charge on any atom is -0.383 e. The van der Waals surface area contributed by atoms with Crippen LogP contribution >= 0.6 is 22.9 Å². The van der Waals surface area contributed by atoms with Crippen LogP contribution in [0.4, 0.5) is 5.13 Å². The van der Waals surface area contributed by atoms with Gasteiger partial charge in [-0.1, -0.05) is 11.6 Å². The summed E-state index contributed by atoms with van der Waals surface area (Å²) in [6.45, 7) is -0.127. The van der Waals surface area contributed by atoms with Gasteiger partial charge < -0.3 is 10.1 Å². The van der Waals surface area contributed by atoms with E-state index in [4.69, 9.17) is 16.3 Å². The summed E-state index contributed by atoms with van der Waals surface area (Å²) in [5, 5.41) is 5.12. The number of thiazole rings is 1. The summed E-state index contributed by atoms with van der Waals surface area (Å²) >= 11 is 7.04. The fraction of sp³-hybridized carbons (Fsp3) is 0.286. The number of hydrogen-bond donors (Lipinski definition) is 1. The number of sulfonamides is 1. The number of carbonyl (C=O) groups is 1. The Morgan fingerprint density at radius 1 is 1.38 bits per heavy atom. The molecule has 0 aliphatic heterocycles. The van der Waals surface area contributed by atoms with E-state index in [1.165, 1.54) is 42.7 Å². The van der Waals surface area contributed by atoms with E-state index >= 15 is 0 Å². The maximum atomic E-state index is 12.7. The van der Waals surface area contributed by atoms with Crippen LogP contribution in [0.3, 0.4) is 0 Å². The summed E-state index contributed by atoms with van der Waals surface area (Å²) in [5.41, 5.74) is 0. The van der Waals surface area contributed by atoms with Crippen LogP contribution in [0.1, 0.15) is 0 Å². The molecule has 1 heterocycles. The molecule has 0 saturated carbocycles. The van der Waals surface area contributed by atoms with Crippen molar-refractivity contribution in [3.63, 3.8) is 0 Å². The lowest BCUT2D eigenvalue weighted by molar-refractivity contribution is -0.116. The van der Waals surface area contributed by atoms with Gasteiger partial charge in [0, 0.05) is 30.3 Å². The lowest BCUT2D eigenvalue weighted by Crippen LogP contribution is -2.39. The highest BCUT2D eigenvalue weighted by molar-refractivity contribution is 7.89. The van der Waals surface area contributed by atoms with Crippen molar-refractivity contribution < 1.29 is 17.9 Å². The normalized spacial score (nSPS) is 11.6. The van der Waals surface area contributed by atoms with Gasteiger partial charge in [0.15, 0.2) is 5.13 Å². The first-order chi connectivity index (χ1) is 11.4. The number of anilines is 1. The topological polar surface area (TPSA) is 88.6 Å². The van der Waals surface area contributed by atoms with E-state index in [0.717, 1.165) is 4.31 Å². The molecule has 1 aromatic carbocycles. The van der Waals surface area contributed by atoms with Gasteiger partial charge in [-0.25, -0.2) is 13.4 Å². The van der Waals surface area contributed by atoms with Crippen molar-refractivity contribution in [1.29, 1.82) is 0 Å². The average molecular weight is 390 g/mol. The zero-order valence-electron chi connectivity index (χ0n) is 12.8. The number of hydrogen-bond acceptors (Lipinski definition) is 6. The number of benzene rings is 1. The van der Waals surface area contributed by atoms with E-state index in [1.807, 2.05) is 0 Å². The largest absolute Gasteiger partial charge is 0.383 e. The zero-order chi connectivity index (χ0) is 17.6. The van der Waals surface area contributed by atoms with Crippen molar-refractivity contribution in [2.45, 2.75) is 4.90 Å². The molecule has 0 radical (unpaired) electrons. The molecule has 0 spiro atoms. The summed E-state index contributed by atoms with van der Waals surface area (Å²) in [4.78, 5) is 16.1. The second-order valence-corrected chi connectivity index (χ2v) is 7.94. The first-order valence-electron chi connectivity index (χ1n) is 6.87. The van der Waals surface area contributed by atoms with Crippen LogP contribution in [0.15, 0.2) is 40.7 Å². The molecule has 24 heavy (non-hydrogen) atoms. The Morgan fingerprint density at radius 3 is 2.67 bits per heavy atom. The van der Waals surface area contributed by atoms with Gasteiger partial charge in [0.2, 0.25) is 15.9 Å². The highest BCUT2D eigenvalue weighted by atomic mass is 35.5. The number of nitrogens with zero attached hydrogens (tertiary/aromatic N) is 2. The van der Waals surface area contributed by atoms with Crippen LogP contribution in [0, 0.1) is 0 Å². The van der Waals surface area contributed by atoms with Gasteiger partial charge in [0.1, 0.15) is 0 Å². The van der Waals surface area contributed by atoms with Crippen LogP contribution < -0.4 is 5.32 Å². The molecular weight excluding hydrogens is 374 g/mol. The molecule has 10 heteroatoms. The van der Waals surface area contributed by atoms with E-state index in [-0.39, 0.29) is 24.6 Å². The van der Waals surface area contributed by atoms with E-state index in [2.05, 4.69) is 10.3 Å². The summed E-state index contributed by atoms with van der Waals surface area (Å²) in [5.74, 6) is -0.474. The Balaban J connectivity index is 2.16. The van der Waals surface area contributed by atoms with Gasteiger partial charge in [-0.05, 0) is 24.3 Å². The van der Waals surface area contributed by atoms with Crippen LogP contribution in [-0.2, 0) is 19.6 Å². The summed E-state index contributed by atoms with van der Waals surface area (Å²) in [6, 6.07) is 5.77. The van der Waals surface area contributed by atoms with Gasteiger partial charge in [0.25, 0.3) is 0 Å². The molecule has 1 amide bonds. The monoisotopic (exact) mass is 389 g/mol. The predicted octanol–water partition coefficient (Wildman–Crippen LogP) is 2.07. The molecule has 0 aliphatic carbocycles. The second kappa shape index (κ2) is 8.54. The molecule has 0 bridgehead atoms. The molecule has 0 aliphatic rings. The predicted molar refractivity (Wildman–Crippen MR) is 92.8 cm³/mol. The molecule has 0 saturated heterocycles. The number of methoxy groups -OCH3 is 1. The lowest BCUT2D eigenvalue weighted by atomic mass is 10.4. The minimum atomic E-state index is -3.85. The molecule has 2 aromatic rings. The molecule has 1 N–H and O–H groups in total. The van der Waals surface area contributed by atoms with Crippen LogP contribution in [0.2, 0.25) is 5.02 Å². The zero-order valence-corrected chi connectivity index (χ0v) is 15.2. The van der Waals surface area contributed by atoms with Crippen molar-refractivity contribution >= 4 is 44.0 Å². The van der Waals surface area contributed by atoms with Crippen LogP contribution in [0.25, 0.3) is 0 Å². The summed E-state index contributed by atoms with van der Waals surface area (Å²) < 4.78 is 31.4. The highest BCUT2D eigenvalue weighted by Crippen LogP contribution is 2.19. The molecule has 0 unspecified atom stereocenters. The fourth-order valence-corrected chi connectivity index (χ4v) is 3.89. The Morgan fingerprint density at radius 2 is 2.08 bits per heavy atom. The van der Waals surface area contributed by atoms with E-state index in [1.54, 1.807) is 11.6 Å². The maximum absolute atomic E-state index is 12.7. The third kappa shape index (κ3) is 4.99. The van der Waals surface area contributed by atoms with Crippen molar-refractivity contribution in [3.05, 3.63) is 40.9 Å². The van der Waals surface area contributed by atoms with Crippen molar-refractivity contribution in [3.8, 4) is 0 Å². The van der Waals surface area contributed by atoms with Crippen molar-refractivity contribution in [2.75, 3.05) is 32.1 Å². The SMILES string of the molecule is COCCN(CC(=O)Nc1nccs1)S(=O)(=O)c1ccc(Cl)cc1. The molecule has 0 atom stereocenters. The number of ether oxygens (including phenoxy) is 1. The number of aromatic nitrogens is 1. The van der Waals surface area contributed by atoms with Gasteiger partial charge >= 0.3 is 0 Å². The Hall–Kier alpha value is -1.52. The smallest absolute Gasteiger partial charge is 0.243 e. The van der Waals surface area contributed by atoms with Crippen molar-refractivity contribution in [1.82, 2.24) is 9.29 Å². The first-order valence-corrected chi connectivity index (χ1v) is 9.57. The number of nitrogens with one attached hydrogen (secondary N) is 1. The lowest BCUT2D eigenvalue weighted by Gasteiger charge is -2.21. The maximum Gasteiger partial charge on any atom is 0.243 e. The fourth-order valence-electron chi connectivity index (χ4n) is 1.84. The van der Waals surface area contributed by atoms with E-state index < -0.39 is 15.9 Å². The Kier molecular flexibility index (Phi) is 6.69. The number of halogens is 1. The van der Waals surface area contributed by atoms with Crippen LogP contribution in [-0.4, -0.2) is 50.4 Å². The van der Waals surface area contributed by atoms with Gasteiger partial charge in [-0.3, -0.25) is 4.79 Å². The molecule has 1 aromatic heterocycles. The highest BCUT2D eigenvalue weighted by Gasteiger charge is 2.26.